The highest BCUT2D eigenvalue weighted by Gasteiger charge is 2.20. The monoisotopic (exact) mass is 279 g/mol. The molecule has 4 nitrogen and oxygen atoms in total. The topological polar surface area (TPSA) is 46.1 Å². The average molecular weight is 280 g/mol. The van der Waals surface area contributed by atoms with Crippen LogP contribution in [0, 0.1) is 0 Å². The number of amides is 1. The second-order valence-electron chi connectivity index (χ2n) is 4.37. The molecule has 0 N–H and O–H groups in total. The first-order chi connectivity index (χ1) is 9.01. The van der Waals surface area contributed by atoms with E-state index in [2.05, 4.69) is 23.1 Å². The van der Waals surface area contributed by atoms with E-state index in [0.717, 1.165) is 0 Å². The predicted octanol–water partition coefficient (Wildman–Crippen LogP) is 3.07. The summed E-state index contributed by atoms with van der Waals surface area (Å²) >= 11 is 6.02. The van der Waals surface area contributed by atoms with Crippen LogP contribution in [0.25, 0.3) is 0 Å². The van der Waals surface area contributed by atoms with Crippen LogP contribution in [-0.2, 0) is 0 Å². The molecular weight excluding hydrogens is 262 g/mol. The Bertz CT molecular complexity index is 476. The highest BCUT2D eigenvalue weighted by atomic mass is 35.5. The van der Waals surface area contributed by atoms with Gasteiger partial charge in [-0.05, 0) is 0 Å². The van der Waals surface area contributed by atoms with Gasteiger partial charge in [0, 0.05) is 19.0 Å². The highest BCUT2D eigenvalue weighted by Crippen LogP contribution is 2.18. The van der Waals surface area contributed by atoms with Gasteiger partial charge in [0.15, 0.2) is 5.69 Å². The molecule has 0 aliphatic carbocycles. The molecule has 0 aliphatic rings. The molecule has 1 aromatic rings. The first-order valence-electron chi connectivity index (χ1n) is 6.04. The predicted molar refractivity (Wildman–Crippen MR) is 77.4 cm³/mol. The molecule has 0 unspecified atom stereocenters. The molecule has 0 fully saturated rings. The molecule has 0 aromatic carbocycles. The van der Waals surface area contributed by atoms with E-state index in [1.54, 1.807) is 17.1 Å². The highest BCUT2D eigenvalue weighted by molar-refractivity contribution is 6.33. The van der Waals surface area contributed by atoms with Gasteiger partial charge in [-0.15, -0.1) is 13.2 Å². The maximum absolute atomic E-state index is 12.4. The molecule has 0 saturated heterocycles. The number of carbonyl (C=O) groups excluding carboxylic acids is 1. The van der Waals surface area contributed by atoms with Gasteiger partial charge in [-0.25, -0.2) is 9.97 Å². The van der Waals surface area contributed by atoms with Crippen molar-refractivity contribution in [2.24, 2.45) is 0 Å². The number of rotatable bonds is 6. The summed E-state index contributed by atoms with van der Waals surface area (Å²) in [5, 5.41) is 0.257. The Labute approximate surface area is 118 Å². The molecule has 1 aromatic heterocycles. The van der Waals surface area contributed by atoms with Gasteiger partial charge in [-0.2, -0.15) is 0 Å². The fraction of sp³-hybridized carbons (Fsp3) is 0.357. The number of carbonyl (C=O) groups is 1. The Balaban J connectivity index is 3.11. The molecule has 1 heterocycles. The Hall–Kier alpha value is -1.68. The number of hydrogen-bond donors (Lipinski definition) is 0. The molecule has 0 bridgehead atoms. The summed E-state index contributed by atoms with van der Waals surface area (Å²) in [5.41, 5.74) is 0.226. The fourth-order valence-corrected chi connectivity index (χ4v) is 1.68. The van der Waals surface area contributed by atoms with Crippen LogP contribution in [0.15, 0.2) is 31.5 Å². The van der Waals surface area contributed by atoms with Crippen molar-refractivity contribution in [2.45, 2.75) is 19.8 Å². The van der Waals surface area contributed by atoms with Crippen molar-refractivity contribution in [3.05, 3.63) is 48.0 Å². The maximum atomic E-state index is 12.4. The van der Waals surface area contributed by atoms with E-state index in [-0.39, 0.29) is 22.5 Å². The Kier molecular flexibility index (Phi) is 5.70. The first kappa shape index (κ1) is 15.4. The summed E-state index contributed by atoms with van der Waals surface area (Å²) < 4.78 is 0. The summed E-state index contributed by atoms with van der Waals surface area (Å²) in [6.07, 6.45) is 4.77. The van der Waals surface area contributed by atoms with Gasteiger partial charge in [0.1, 0.15) is 5.82 Å². The SMILES string of the molecule is C=CCN(CC=C)C(=O)c1nc(C(C)C)ncc1Cl. The molecule has 0 aliphatic heterocycles. The lowest BCUT2D eigenvalue weighted by atomic mass is 10.2. The minimum absolute atomic E-state index is 0.135. The molecule has 1 amide bonds. The molecule has 0 radical (unpaired) electrons. The standard InChI is InChI=1S/C14H18ClN3O/c1-5-7-18(8-6-2)14(19)12-11(15)9-16-13(17-12)10(3)4/h5-6,9-10H,1-2,7-8H2,3-4H3. The third-order valence-corrected chi connectivity index (χ3v) is 2.74. The summed E-state index contributed by atoms with van der Waals surface area (Å²) in [6, 6.07) is 0. The third kappa shape index (κ3) is 3.89. The van der Waals surface area contributed by atoms with Crippen molar-refractivity contribution in [1.29, 1.82) is 0 Å². The lowest BCUT2D eigenvalue weighted by Gasteiger charge is -2.19. The summed E-state index contributed by atoms with van der Waals surface area (Å²) in [6.45, 7) is 12.0. The number of halogens is 1. The van der Waals surface area contributed by atoms with Crippen LogP contribution < -0.4 is 0 Å². The zero-order chi connectivity index (χ0) is 14.4. The number of nitrogens with zero attached hydrogens (tertiary/aromatic N) is 3. The van der Waals surface area contributed by atoms with Gasteiger partial charge in [-0.1, -0.05) is 37.6 Å². The summed E-state index contributed by atoms with van der Waals surface area (Å²) in [5.74, 6) is 0.495. The normalized spacial score (nSPS) is 10.3. The molecule has 0 spiro atoms. The van der Waals surface area contributed by atoms with Crippen LogP contribution in [0.1, 0.15) is 36.1 Å². The molecule has 1 rings (SSSR count). The summed E-state index contributed by atoms with van der Waals surface area (Å²) in [7, 11) is 0. The Morgan fingerprint density at radius 2 is 2.00 bits per heavy atom. The van der Waals surface area contributed by atoms with Gasteiger partial charge >= 0.3 is 0 Å². The van der Waals surface area contributed by atoms with Crippen molar-refractivity contribution in [1.82, 2.24) is 14.9 Å². The van der Waals surface area contributed by atoms with E-state index in [4.69, 9.17) is 11.6 Å². The van der Waals surface area contributed by atoms with E-state index >= 15 is 0 Å². The molecular formula is C14H18ClN3O. The minimum atomic E-state index is -0.242. The molecule has 19 heavy (non-hydrogen) atoms. The minimum Gasteiger partial charge on any atom is -0.330 e. The first-order valence-corrected chi connectivity index (χ1v) is 6.42. The van der Waals surface area contributed by atoms with Crippen molar-refractivity contribution in [2.75, 3.05) is 13.1 Å². The zero-order valence-electron chi connectivity index (χ0n) is 11.3. The largest absolute Gasteiger partial charge is 0.330 e. The van der Waals surface area contributed by atoms with E-state index in [9.17, 15) is 4.79 Å². The fourth-order valence-electron chi connectivity index (χ4n) is 1.51. The maximum Gasteiger partial charge on any atom is 0.274 e. The summed E-state index contributed by atoms with van der Waals surface area (Å²) in [4.78, 5) is 22.3. The van der Waals surface area contributed by atoms with Gasteiger partial charge in [-0.3, -0.25) is 4.79 Å². The van der Waals surface area contributed by atoms with Crippen molar-refractivity contribution in [3.8, 4) is 0 Å². The van der Waals surface area contributed by atoms with E-state index in [1.807, 2.05) is 13.8 Å². The molecule has 0 atom stereocenters. The number of hydrogen-bond acceptors (Lipinski definition) is 3. The second-order valence-corrected chi connectivity index (χ2v) is 4.77. The van der Waals surface area contributed by atoms with E-state index in [1.165, 1.54) is 6.20 Å². The van der Waals surface area contributed by atoms with Gasteiger partial charge in [0.05, 0.1) is 11.2 Å². The van der Waals surface area contributed by atoms with Crippen molar-refractivity contribution >= 4 is 17.5 Å². The zero-order valence-corrected chi connectivity index (χ0v) is 12.0. The van der Waals surface area contributed by atoms with Crippen LogP contribution in [-0.4, -0.2) is 33.9 Å². The molecule has 5 heteroatoms. The Morgan fingerprint density at radius 1 is 1.42 bits per heavy atom. The van der Waals surface area contributed by atoms with Gasteiger partial charge in [0.25, 0.3) is 5.91 Å². The van der Waals surface area contributed by atoms with Crippen LogP contribution in [0.5, 0.6) is 0 Å². The van der Waals surface area contributed by atoms with Crippen molar-refractivity contribution < 1.29 is 4.79 Å². The van der Waals surface area contributed by atoms with Crippen LogP contribution in [0.2, 0.25) is 5.02 Å². The average Bonchev–Trinajstić information content (AvgIpc) is 2.38. The Morgan fingerprint density at radius 3 is 2.47 bits per heavy atom. The lowest BCUT2D eigenvalue weighted by Crippen LogP contribution is -2.32. The number of aromatic nitrogens is 2. The quantitative estimate of drug-likeness (QED) is 0.752. The third-order valence-electron chi connectivity index (χ3n) is 2.47. The second kappa shape index (κ2) is 7.04. The smallest absolute Gasteiger partial charge is 0.274 e. The van der Waals surface area contributed by atoms with Crippen molar-refractivity contribution in [3.63, 3.8) is 0 Å². The van der Waals surface area contributed by atoms with Gasteiger partial charge in [0.2, 0.25) is 0 Å². The van der Waals surface area contributed by atoms with Crippen LogP contribution in [0.4, 0.5) is 0 Å². The van der Waals surface area contributed by atoms with Gasteiger partial charge < -0.3 is 4.90 Å². The van der Waals surface area contributed by atoms with Crippen LogP contribution >= 0.6 is 11.6 Å². The van der Waals surface area contributed by atoms with E-state index < -0.39 is 0 Å². The molecule has 102 valence electrons. The molecule has 0 saturated carbocycles. The lowest BCUT2D eigenvalue weighted by molar-refractivity contribution is 0.0784. The van der Waals surface area contributed by atoms with E-state index in [0.29, 0.717) is 18.9 Å². The van der Waals surface area contributed by atoms with Crippen LogP contribution in [0.3, 0.4) is 0 Å².